The fourth-order valence-electron chi connectivity index (χ4n) is 3.04. The van der Waals surface area contributed by atoms with E-state index in [0.29, 0.717) is 18.8 Å². The van der Waals surface area contributed by atoms with Crippen LogP contribution in [0.2, 0.25) is 0 Å². The lowest BCUT2D eigenvalue weighted by Gasteiger charge is -2.29. The second-order valence-corrected chi connectivity index (χ2v) is 6.38. The summed E-state index contributed by atoms with van der Waals surface area (Å²) in [4.78, 5) is 26.2. The molecule has 1 aliphatic rings. The van der Waals surface area contributed by atoms with E-state index in [4.69, 9.17) is 4.74 Å². The number of nitrogens with one attached hydrogen (secondary N) is 2. The summed E-state index contributed by atoms with van der Waals surface area (Å²) in [6.07, 6.45) is 0.806. The molecule has 0 fully saturated rings. The number of carbonyl (C=O) groups is 2. The number of ether oxygens (including phenoxy) is 1. The fraction of sp³-hybridized carbons (Fsp3) is 0.300. The van der Waals surface area contributed by atoms with E-state index in [0.717, 1.165) is 23.3 Å². The summed E-state index contributed by atoms with van der Waals surface area (Å²) in [5.74, 6) is 0.687. The Balaban J connectivity index is 1.53. The van der Waals surface area contributed by atoms with Crippen molar-refractivity contribution < 1.29 is 14.3 Å². The first-order valence-corrected chi connectivity index (χ1v) is 8.60. The fourth-order valence-corrected chi connectivity index (χ4v) is 3.04. The quantitative estimate of drug-likeness (QED) is 0.888. The first kappa shape index (κ1) is 17.8. The SMILES string of the molecule is COc1ccc2c(c1)CN(C(=O)CNC(=O)Nc1cccc(C)c1)CC2. The molecule has 0 bridgehead atoms. The van der Waals surface area contributed by atoms with Crippen LogP contribution in [0.4, 0.5) is 10.5 Å². The van der Waals surface area contributed by atoms with Gasteiger partial charge in [-0.05, 0) is 54.3 Å². The minimum absolute atomic E-state index is 0.0308. The Morgan fingerprint density at radius 1 is 1.15 bits per heavy atom. The molecule has 3 rings (SSSR count). The van der Waals surface area contributed by atoms with Crippen LogP contribution < -0.4 is 15.4 Å². The van der Waals surface area contributed by atoms with E-state index in [1.807, 2.05) is 49.4 Å². The van der Waals surface area contributed by atoms with Gasteiger partial charge in [0.1, 0.15) is 5.75 Å². The summed E-state index contributed by atoms with van der Waals surface area (Å²) >= 11 is 0. The molecule has 3 amide bonds. The molecule has 2 N–H and O–H groups in total. The van der Waals surface area contributed by atoms with Crippen molar-refractivity contribution in [2.45, 2.75) is 19.9 Å². The standard InChI is InChI=1S/C20H23N3O3/c1-14-4-3-5-17(10-14)22-20(25)21-12-19(24)23-9-8-15-6-7-18(26-2)11-16(15)13-23/h3-7,10-11H,8-9,12-13H2,1-2H3,(H2,21,22,25). The van der Waals surface area contributed by atoms with Crippen LogP contribution >= 0.6 is 0 Å². The second kappa shape index (κ2) is 7.91. The summed E-state index contributed by atoms with van der Waals surface area (Å²) in [6.45, 7) is 3.11. The minimum atomic E-state index is -0.386. The Kier molecular flexibility index (Phi) is 5.41. The maximum atomic E-state index is 12.4. The average Bonchev–Trinajstić information content (AvgIpc) is 2.65. The number of aryl methyl sites for hydroxylation is 1. The highest BCUT2D eigenvalue weighted by molar-refractivity contribution is 5.92. The third-order valence-corrected chi connectivity index (χ3v) is 4.45. The number of fused-ring (bicyclic) bond motifs is 1. The normalized spacial score (nSPS) is 12.9. The zero-order chi connectivity index (χ0) is 18.5. The number of methoxy groups -OCH3 is 1. The van der Waals surface area contributed by atoms with Crippen LogP contribution in [0.3, 0.4) is 0 Å². The van der Waals surface area contributed by atoms with Gasteiger partial charge in [0.15, 0.2) is 0 Å². The van der Waals surface area contributed by atoms with E-state index in [1.165, 1.54) is 5.56 Å². The van der Waals surface area contributed by atoms with Crippen molar-refractivity contribution in [3.63, 3.8) is 0 Å². The lowest BCUT2D eigenvalue weighted by atomic mass is 9.99. The number of carbonyl (C=O) groups excluding carboxylic acids is 2. The van der Waals surface area contributed by atoms with E-state index >= 15 is 0 Å². The van der Waals surface area contributed by atoms with Gasteiger partial charge >= 0.3 is 6.03 Å². The first-order valence-electron chi connectivity index (χ1n) is 8.60. The third kappa shape index (κ3) is 4.33. The summed E-state index contributed by atoms with van der Waals surface area (Å²) in [7, 11) is 1.63. The molecule has 2 aromatic carbocycles. The van der Waals surface area contributed by atoms with Crippen molar-refractivity contribution in [3.05, 3.63) is 59.2 Å². The Morgan fingerprint density at radius 2 is 2.00 bits per heavy atom. The lowest BCUT2D eigenvalue weighted by molar-refractivity contribution is -0.130. The van der Waals surface area contributed by atoms with Crippen LogP contribution in [0.1, 0.15) is 16.7 Å². The van der Waals surface area contributed by atoms with Gasteiger partial charge in [-0.1, -0.05) is 18.2 Å². The summed E-state index contributed by atoms with van der Waals surface area (Å²) in [6, 6.07) is 13.1. The first-order chi connectivity index (χ1) is 12.5. The molecule has 6 heteroatoms. The topological polar surface area (TPSA) is 70.7 Å². The number of anilines is 1. The molecule has 0 atom stereocenters. The molecular weight excluding hydrogens is 330 g/mol. The summed E-state index contributed by atoms with van der Waals surface area (Å²) < 4.78 is 5.25. The van der Waals surface area contributed by atoms with Gasteiger partial charge in [0.2, 0.25) is 5.91 Å². The number of rotatable bonds is 4. The third-order valence-electron chi connectivity index (χ3n) is 4.45. The Morgan fingerprint density at radius 3 is 2.77 bits per heavy atom. The van der Waals surface area contributed by atoms with Crippen molar-refractivity contribution >= 4 is 17.6 Å². The van der Waals surface area contributed by atoms with Gasteiger partial charge < -0.3 is 20.3 Å². The van der Waals surface area contributed by atoms with Gasteiger partial charge in [0.05, 0.1) is 13.7 Å². The number of amides is 3. The molecule has 0 saturated carbocycles. The maximum Gasteiger partial charge on any atom is 0.319 e. The van der Waals surface area contributed by atoms with Crippen LogP contribution in [0.5, 0.6) is 5.75 Å². The van der Waals surface area contributed by atoms with Crippen LogP contribution in [0, 0.1) is 6.92 Å². The zero-order valence-electron chi connectivity index (χ0n) is 15.0. The molecule has 2 aromatic rings. The lowest BCUT2D eigenvalue weighted by Crippen LogP contribution is -2.43. The van der Waals surface area contributed by atoms with Gasteiger partial charge in [0.25, 0.3) is 0 Å². The molecule has 0 saturated heterocycles. The van der Waals surface area contributed by atoms with Crippen LogP contribution in [-0.2, 0) is 17.8 Å². The highest BCUT2D eigenvalue weighted by Crippen LogP contribution is 2.23. The predicted octanol–water partition coefficient (Wildman–Crippen LogP) is 2.71. The van der Waals surface area contributed by atoms with E-state index in [1.54, 1.807) is 12.0 Å². The van der Waals surface area contributed by atoms with Gasteiger partial charge in [-0.2, -0.15) is 0 Å². The van der Waals surface area contributed by atoms with Gasteiger partial charge in [-0.25, -0.2) is 4.79 Å². The highest BCUT2D eigenvalue weighted by atomic mass is 16.5. The zero-order valence-corrected chi connectivity index (χ0v) is 15.0. The van der Waals surface area contributed by atoms with Crippen molar-refractivity contribution in [3.8, 4) is 5.75 Å². The molecule has 26 heavy (non-hydrogen) atoms. The second-order valence-electron chi connectivity index (χ2n) is 6.38. The molecule has 0 spiro atoms. The minimum Gasteiger partial charge on any atom is -0.497 e. The number of hydrogen-bond acceptors (Lipinski definition) is 3. The van der Waals surface area contributed by atoms with Crippen molar-refractivity contribution in [1.82, 2.24) is 10.2 Å². The van der Waals surface area contributed by atoms with E-state index in [-0.39, 0.29) is 18.5 Å². The average molecular weight is 353 g/mol. The smallest absolute Gasteiger partial charge is 0.319 e. The Hall–Kier alpha value is -3.02. The number of hydrogen-bond donors (Lipinski definition) is 2. The molecule has 0 radical (unpaired) electrons. The van der Waals surface area contributed by atoms with Gasteiger partial charge in [-0.15, -0.1) is 0 Å². The highest BCUT2D eigenvalue weighted by Gasteiger charge is 2.21. The molecule has 0 aliphatic carbocycles. The van der Waals surface area contributed by atoms with Crippen molar-refractivity contribution in [1.29, 1.82) is 0 Å². The van der Waals surface area contributed by atoms with Crippen LogP contribution in [-0.4, -0.2) is 37.0 Å². The largest absolute Gasteiger partial charge is 0.497 e. The van der Waals surface area contributed by atoms with Crippen molar-refractivity contribution in [2.75, 3.05) is 25.5 Å². The predicted molar refractivity (Wildman–Crippen MR) is 100 cm³/mol. The Labute approximate surface area is 153 Å². The molecule has 0 unspecified atom stereocenters. The summed E-state index contributed by atoms with van der Waals surface area (Å²) in [5, 5.41) is 5.36. The monoisotopic (exact) mass is 353 g/mol. The number of urea groups is 1. The Bertz CT molecular complexity index is 820. The number of nitrogens with zero attached hydrogens (tertiary/aromatic N) is 1. The van der Waals surface area contributed by atoms with Gasteiger partial charge in [0, 0.05) is 18.8 Å². The van der Waals surface area contributed by atoms with Gasteiger partial charge in [-0.3, -0.25) is 4.79 Å². The molecule has 1 aliphatic heterocycles. The van der Waals surface area contributed by atoms with Crippen molar-refractivity contribution in [2.24, 2.45) is 0 Å². The van der Waals surface area contributed by atoms with E-state index in [9.17, 15) is 9.59 Å². The molecule has 6 nitrogen and oxygen atoms in total. The van der Waals surface area contributed by atoms with E-state index < -0.39 is 0 Å². The van der Waals surface area contributed by atoms with Crippen LogP contribution in [0.15, 0.2) is 42.5 Å². The van der Waals surface area contributed by atoms with Crippen LogP contribution in [0.25, 0.3) is 0 Å². The maximum absolute atomic E-state index is 12.4. The molecule has 0 aromatic heterocycles. The number of benzene rings is 2. The van der Waals surface area contributed by atoms with E-state index in [2.05, 4.69) is 10.6 Å². The molecule has 1 heterocycles. The summed E-state index contributed by atoms with van der Waals surface area (Å²) in [5.41, 5.74) is 4.09. The molecule has 136 valence electrons. The molecular formula is C20H23N3O3.